The van der Waals surface area contributed by atoms with Gasteiger partial charge in [0.25, 0.3) is 0 Å². The standard InChI is InChI=1S/2C18H25N2Si.Fe.2H2O/c2*1-14(2)12-21(13-15(3)4)16-8-9-18(20-11-16)17-7-5-6-10-19-17;;;/h2*5-11,14-15H,12-13H2,1-4H3;;2*1H2. The monoisotopic (exact) mass is 686 g/mol. The Kier molecular flexibility index (Phi) is 20.8. The molecule has 4 aromatic rings. The molecular weight excluding hydrogens is 632 g/mol. The first-order valence-corrected chi connectivity index (χ1v) is 19.4. The molecule has 45 heavy (non-hydrogen) atoms. The van der Waals surface area contributed by atoms with Crippen molar-refractivity contribution in [3.8, 4) is 22.8 Å². The van der Waals surface area contributed by atoms with E-state index in [-0.39, 0.29) is 28.0 Å². The first kappa shape index (κ1) is 42.5. The molecule has 0 atom stereocenters. The van der Waals surface area contributed by atoms with Crippen LogP contribution in [0.5, 0.6) is 0 Å². The van der Waals surface area contributed by atoms with Gasteiger partial charge >= 0.3 is 0 Å². The molecule has 4 N–H and O–H groups in total. The van der Waals surface area contributed by atoms with Crippen molar-refractivity contribution < 1.29 is 28.0 Å². The first-order chi connectivity index (χ1) is 20.1. The predicted molar refractivity (Wildman–Crippen MR) is 192 cm³/mol. The Labute approximate surface area is 286 Å². The molecular formula is C36H54FeN4O2Si2. The van der Waals surface area contributed by atoms with Crippen LogP contribution in [0.15, 0.2) is 85.5 Å². The summed E-state index contributed by atoms with van der Waals surface area (Å²) in [6, 6.07) is 26.0. The van der Waals surface area contributed by atoms with Crippen molar-refractivity contribution in [2.45, 2.75) is 79.6 Å². The molecule has 0 bridgehead atoms. The van der Waals surface area contributed by atoms with E-state index in [0.29, 0.717) is 0 Å². The molecule has 0 fully saturated rings. The summed E-state index contributed by atoms with van der Waals surface area (Å²) in [7, 11) is -1.00. The van der Waals surface area contributed by atoms with Crippen molar-refractivity contribution in [3.63, 3.8) is 0 Å². The van der Waals surface area contributed by atoms with Gasteiger partial charge in [-0.1, -0.05) is 104 Å². The molecule has 2 radical (unpaired) electrons. The van der Waals surface area contributed by atoms with Crippen LogP contribution in [0, 0.1) is 23.7 Å². The Morgan fingerprint density at radius 3 is 0.978 bits per heavy atom. The Balaban J connectivity index is 0.000000807. The zero-order valence-electron chi connectivity index (χ0n) is 28.4. The second kappa shape index (κ2) is 22.1. The molecule has 4 rings (SSSR count). The minimum absolute atomic E-state index is 0. The third-order valence-electron chi connectivity index (χ3n) is 6.82. The fourth-order valence-electron chi connectivity index (χ4n) is 5.15. The third-order valence-corrected chi connectivity index (χ3v) is 14.3. The fraction of sp³-hybridized carbons (Fsp3) is 0.444. The summed E-state index contributed by atoms with van der Waals surface area (Å²) in [5, 5.41) is 2.92. The van der Waals surface area contributed by atoms with Crippen molar-refractivity contribution in [1.29, 1.82) is 0 Å². The van der Waals surface area contributed by atoms with Crippen LogP contribution in [0.2, 0.25) is 24.2 Å². The maximum atomic E-state index is 4.65. The molecule has 0 aliphatic heterocycles. The minimum atomic E-state index is -0.502. The predicted octanol–water partition coefficient (Wildman–Crippen LogP) is 6.66. The van der Waals surface area contributed by atoms with Gasteiger partial charge in [-0.25, -0.2) is 0 Å². The SMILES string of the molecule is CC(C)C[Si](CC(C)C)c1ccc(-c2ccccn2)nc1.CC(C)C[Si](CC(C)C)c1ccc(-c2ccccn2)nc1.O.O.[Fe]. The van der Waals surface area contributed by atoms with Crippen LogP contribution in [0.1, 0.15) is 55.4 Å². The zero-order chi connectivity index (χ0) is 30.5. The fourth-order valence-corrected chi connectivity index (χ4v) is 11.5. The molecule has 4 heterocycles. The van der Waals surface area contributed by atoms with Gasteiger partial charge in [-0.05, 0) is 70.4 Å². The summed E-state index contributed by atoms with van der Waals surface area (Å²) < 4.78 is 0. The van der Waals surface area contributed by atoms with Gasteiger partial charge < -0.3 is 11.0 Å². The van der Waals surface area contributed by atoms with Crippen molar-refractivity contribution >= 4 is 28.0 Å². The van der Waals surface area contributed by atoms with Crippen molar-refractivity contribution in [3.05, 3.63) is 85.5 Å². The first-order valence-electron chi connectivity index (χ1n) is 15.6. The molecule has 9 heteroatoms. The zero-order valence-corrected chi connectivity index (χ0v) is 31.5. The average Bonchev–Trinajstić information content (AvgIpc) is 2.97. The molecule has 0 saturated heterocycles. The average molecular weight is 687 g/mol. The van der Waals surface area contributed by atoms with E-state index in [1.807, 2.05) is 48.8 Å². The largest absolute Gasteiger partial charge is 0.412 e. The van der Waals surface area contributed by atoms with E-state index in [1.165, 1.54) is 34.5 Å². The molecule has 0 saturated carbocycles. The molecule has 0 aliphatic rings. The number of rotatable bonds is 12. The molecule has 0 spiro atoms. The van der Waals surface area contributed by atoms with Crippen LogP contribution in [0.25, 0.3) is 22.8 Å². The van der Waals surface area contributed by atoms with Crippen LogP contribution in [0.3, 0.4) is 0 Å². The molecule has 0 amide bonds. The smallest absolute Gasteiger partial charge is 0.0886 e. The third kappa shape index (κ3) is 15.1. The quantitative estimate of drug-likeness (QED) is 0.155. The van der Waals surface area contributed by atoms with E-state index in [2.05, 4.69) is 112 Å². The molecule has 6 nitrogen and oxygen atoms in total. The summed E-state index contributed by atoms with van der Waals surface area (Å²) in [5.74, 6) is 3.03. The topological polar surface area (TPSA) is 115 Å². The number of hydrogen-bond acceptors (Lipinski definition) is 4. The van der Waals surface area contributed by atoms with Crippen LogP contribution in [0.4, 0.5) is 0 Å². The van der Waals surface area contributed by atoms with Crippen LogP contribution >= 0.6 is 0 Å². The van der Waals surface area contributed by atoms with E-state index in [0.717, 1.165) is 46.4 Å². The van der Waals surface area contributed by atoms with Gasteiger partial charge in [0.1, 0.15) is 0 Å². The van der Waals surface area contributed by atoms with Crippen molar-refractivity contribution in [2.75, 3.05) is 0 Å². The number of nitrogens with zero attached hydrogens (tertiary/aromatic N) is 4. The van der Waals surface area contributed by atoms with E-state index >= 15 is 0 Å². The van der Waals surface area contributed by atoms with E-state index in [4.69, 9.17) is 0 Å². The van der Waals surface area contributed by atoms with Crippen LogP contribution in [-0.2, 0) is 17.1 Å². The maximum absolute atomic E-state index is 4.65. The Morgan fingerprint density at radius 1 is 0.444 bits per heavy atom. The second-order valence-corrected chi connectivity index (χ2v) is 18.1. The number of aromatic nitrogens is 4. The van der Waals surface area contributed by atoms with Crippen molar-refractivity contribution in [2.24, 2.45) is 23.7 Å². The van der Waals surface area contributed by atoms with Gasteiger partial charge in [-0.3, -0.25) is 19.9 Å². The molecule has 0 aromatic carbocycles. The summed E-state index contributed by atoms with van der Waals surface area (Å²) in [4.78, 5) is 18.0. The molecule has 4 aromatic heterocycles. The Morgan fingerprint density at radius 2 is 0.756 bits per heavy atom. The van der Waals surface area contributed by atoms with E-state index in [9.17, 15) is 0 Å². The van der Waals surface area contributed by atoms with E-state index in [1.54, 1.807) is 0 Å². The summed E-state index contributed by atoms with van der Waals surface area (Å²) in [6.07, 6.45) is 7.81. The van der Waals surface area contributed by atoms with Gasteiger partial charge in [0, 0.05) is 41.9 Å². The van der Waals surface area contributed by atoms with Crippen molar-refractivity contribution in [1.82, 2.24) is 19.9 Å². The maximum Gasteiger partial charge on any atom is 0.0886 e. The Hall–Kier alpha value is -2.53. The number of hydrogen-bond donors (Lipinski definition) is 0. The van der Waals surface area contributed by atoms with Crippen LogP contribution in [-0.4, -0.2) is 48.5 Å². The van der Waals surface area contributed by atoms with E-state index < -0.39 is 17.6 Å². The molecule has 0 unspecified atom stereocenters. The van der Waals surface area contributed by atoms with Gasteiger partial charge in [0.2, 0.25) is 0 Å². The summed E-state index contributed by atoms with van der Waals surface area (Å²) in [5.41, 5.74) is 3.83. The van der Waals surface area contributed by atoms with Gasteiger partial charge in [0.05, 0.1) is 40.4 Å². The normalized spacial score (nSPS) is 10.8. The van der Waals surface area contributed by atoms with Gasteiger partial charge in [-0.2, -0.15) is 0 Å². The van der Waals surface area contributed by atoms with Gasteiger partial charge in [0.15, 0.2) is 0 Å². The Bertz CT molecular complexity index is 1170. The van der Waals surface area contributed by atoms with Gasteiger partial charge in [-0.15, -0.1) is 0 Å². The molecule has 246 valence electrons. The summed E-state index contributed by atoms with van der Waals surface area (Å²) >= 11 is 0. The second-order valence-electron chi connectivity index (χ2n) is 12.9. The molecule has 0 aliphatic carbocycles. The summed E-state index contributed by atoms with van der Waals surface area (Å²) in [6.45, 7) is 18.6. The number of pyridine rings is 4. The minimum Gasteiger partial charge on any atom is -0.412 e. The van der Waals surface area contributed by atoms with Crippen LogP contribution < -0.4 is 10.4 Å².